The number of carbonyl (C=O) groups excluding carboxylic acids is 4. The normalized spacial score (nSPS) is 19.6. The van der Waals surface area contributed by atoms with Gasteiger partial charge >= 0.3 is 23.9 Å². The van der Waals surface area contributed by atoms with Gasteiger partial charge in [0.15, 0.2) is 5.41 Å². The minimum Gasteiger partial charge on any atom is -0.468 e. The summed E-state index contributed by atoms with van der Waals surface area (Å²) in [6.07, 6.45) is 1.28. The van der Waals surface area contributed by atoms with E-state index in [9.17, 15) is 19.2 Å². The lowest BCUT2D eigenvalue weighted by Crippen LogP contribution is -2.48. The van der Waals surface area contributed by atoms with Crippen molar-refractivity contribution in [3.8, 4) is 0 Å². The maximum Gasteiger partial charge on any atom is 0.335 e. The maximum absolute atomic E-state index is 13.2. The zero-order valence-corrected chi connectivity index (χ0v) is 18.6. The van der Waals surface area contributed by atoms with Crippen LogP contribution in [-0.4, -0.2) is 52.3 Å². The van der Waals surface area contributed by atoms with Crippen LogP contribution < -0.4 is 0 Å². The van der Waals surface area contributed by atoms with Crippen molar-refractivity contribution in [1.82, 2.24) is 0 Å². The predicted octanol–water partition coefficient (Wildman–Crippen LogP) is 2.63. The number of hydrogen-bond acceptors (Lipinski definition) is 8. The molecule has 0 aromatic heterocycles. The van der Waals surface area contributed by atoms with Gasteiger partial charge in [0.25, 0.3) is 0 Å². The molecule has 1 unspecified atom stereocenters. The minimum absolute atomic E-state index is 0.0448. The highest BCUT2D eigenvalue weighted by molar-refractivity contribution is 6.08. The Morgan fingerprint density at radius 3 is 1.97 bits per heavy atom. The van der Waals surface area contributed by atoms with Gasteiger partial charge < -0.3 is 18.9 Å². The second-order valence-corrected chi connectivity index (χ2v) is 7.66. The number of ether oxygens (including phenoxy) is 4. The highest BCUT2D eigenvalue weighted by atomic mass is 16.5. The number of benzene rings is 1. The molecule has 0 fully saturated rings. The van der Waals surface area contributed by atoms with Gasteiger partial charge in [-0.15, -0.1) is 0 Å². The van der Waals surface area contributed by atoms with Crippen molar-refractivity contribution in [2.24, 2.45) is 5.41 Å². The van der Waals surface area contributed by atoms with Gasteiger partial charge in [0.05, 0.1) is 39.6 Å². The Hall–Kier alpha value is -3.42. The monoisotopic (exact) mass is 442 g/mol. The van der Waals surface area contributed by atoms with E-state index in [1.165, 1.54) is 28.4 Å². The van der Waals surface area contributed by atoms with Gasteiger partial charge in [-0.3, -0.25) is 9.59 Å². The fourth-order valence-electron chi connectivity index (χ4n) is 4.89. The number of hydrogen-bond donors (Lipinski definition) is 0. The van der Waals surface area contributed by atoms with E-state index >= 15 is 0 Å². The standard InChI is InChI=1S/C24H26O8/c1-29-20(25)16-13-15-11-8-12-24(22(27)31-3,23(28)32-4)19(15)17(18(16)21(26)30-2)14-9-6-5-7-10-14/h5-7,9-10,17H,8,11-13H2,1-4H3. The molecule has 0 amide bonds. The summed E-state index contributed by atoms with van der Waals surface area (Å²) in [4.78, 5) is 52.0. The fourth-order valence-corrected chi connectivity index (χ4v) is 4.89. The zero-order valence-electron chi connectivity index (χ0n) is 18.6. The van der Waals surface area contributed by atoms with Gasteiger partial charge in [-0.05, 0) is 30.4 Å². The van der Waals surface area contributed by atoms with Crippen LogP contribution in [0.2, 0.25) is 0 Å². The summed E-state index contributed by atoms with van der Waals surface area (Å²) in [6.45, 7) is 0. The Balaban J connectivity index is 2.41. The quantitative estimate of drug-likeness (QED) is 0.297. The first-order valence-electron chi connectivity index (χ1n) is 10.2. The predicted molar refractivity (Wildman–Crippen MR) is 112 cm³/mol. The van der Waals surface area contributed by atoms with Gasteiger partial charge in [-0.2, -0.15) is 0 Å². The molecule has 0 saturated heterocycles. The topological polar surface area (TPSA) is 105 Å². The average molecular weight is 442 g/mol. The summed E-state index contributed by atoms with van der Waals surface area (Å²) >= 11 is 0. The summed E-state index contributed by atoms with van der Waals surface area (Å²) < 4.78 is 20.1. The van der Waals surface area contributed by atoms with Gasteiger partial charge in [-0.25, -0.2) is 9.59 Å². The molecule has 0 heterocycles. The van der Waals surface area contributed by atoms with E-state index in [4.69, 9.17) is 18.9 Å². The first kappa shape index (κ1) is 23.2. The highest BCUT2D eigenvalue weighted by Gasteiger charge is 2.58. The van der Waals surface area contributed by atoms with Gasteiger partial charge in [0, 0.05) is 12.3 Å². The van der Waals surface area contributed by atoms with Crippen molar-refractivity contribution in [3.63, 3.8) is 0 Å². The van der Waals surface area contributed by atoms with Crippen LogP contribution in [0, 0.1) is 5.41 Å². The number of esters is 4. The molecule has 0 bridgehead atoms. The van der Waals surface area contributed by atoms with Crippen LogP contribution in [0.3, 0.4) is 0 Å². The Morgan fingerprint density at radius 1 is 0.844 bits per heavy atom. The second-order valence-electron chi connectivity index (χ2n) is 7.66. The van der Waals surface area contributed by atoms with Crippen LogP contribution in [0.15, 0.2) is 52.6 Å². The lowest BCUT2D eigenvalue weighted by molar-refractivity contribution is -0.167. The van der Waals surface area contributed by atoms with Crippen LogP contribution in [-0.2, 0) is 38.1 Å². The van der Waals surface area contributed by atoms with Gasteiger partial charge in [0.1, 0.15) is 0 Å². The molecule has 0 radical (unpaired) electrons. The maximum atomic E-state index is 13.2. The number of allylic oxidation sites excluding steroid dienone is 1. The molecule has 8 nitrogen and oxygen atoms in total. The molecule has 1 atom stereocenters. The molecule has 1 aromatic rings. The van der Waals surface area contributed by atoms with Crippen molar-refractivity contribution in [2.45, 2.75) is 31.6 Å². The third-order valence-corrected chi connectivity index (χ3v) is 6.20. The van der Waals surface area contributed by atoms with E-state index in [0.29, 0.717) is 29.6 Å². The van der Waals surface area contributed by atoms with Crippen LogP contribution in [0.5, 0.6) is 0 Å². The summed E-state index contributed by atoms with van der Waals surface area (Å²) in [5.74, 6) is -3.81. The van der Waals surface area contributed by atoms with Crippen molar-refractivity contribution in [2.75, 3.05) is 28.4 Å². The molecule has 0 spiro atoms. The second kappa shape index (κ2) is 9.38. The SMILES string of the molecule is COC(=O)C1=C(C(=O)OC)C(c2ccccc2)C2=C(CCCC2(C(=O)OC)C(=O)OC)C1. The molecule has 0 N–H and O–H groups in total. The lowest BCUT2D eigenvalue weighted by Gasteiger charge is -2.43. The summed E-state index contributed by atoms with van der Waals surface area (Å²) in [6, 6.07) is 8.90. The van der Waals surface area contributed by atoms with E-state index in [1.807, 2.05) is 0 Å². The Morgan fingerprint density at radius 2 is 1.44 bits per heavy atom. The first-order chi connectivity index (χ1) is 15.4. The summed E-state index contributed by atoms with van der Waals surface area (Å²) in [5, 5.41) is 0. The number of methoxy groups -OCH3 is 4. The van der Waals surface area contributed by atoms with E-state index in [0.717, 1.165) is 0 Å². The van der Waals surface area contributed by atoms with Crippen molar-refractivity contribution >= 4 is 23.9 Å². The molecule has 0 saturated carbocycles. The van der Waals surface area contributed by atoms with Crippen molar-refractivity contribution in [3.05, 3.63) is 58.2 Å². The largest absolute Gasteiger partial charge is 0.468 e. The minimum atomic E-state index is -1.74. The highest BCUT2D eigenvalue weighted by Crippen LogP contribution is 2.55. The van der Waals surface area contributed by atoms with Crippen molar-refractivity contribution < 1.29 is 38.1 Å². The average Bonchev–Trinajstić information content (AvgIpc) is 2.85. The smallest absolute Gasteiger partial charge is 0.335 e. The van der Waals surface area contributed by atoms with Crippen LogP contribution in [0.25, 0.3) is 0 Å². The molecule has 2 aliphatic rings. The van der Waals surface area contributed by atoms with E-state index in [1.54, 1.807) is 30.3 Å². The van der Waals surface area contributed by atoms with Crippen LogP contribution in [0.4, 0.5) is 0 Å². The molecular formula is C24H26O8. The summed E-state index contributed by atoms with van der Waals surface area (Å²) in [5.41, 5.74) is 0.218. The third-order valence-electron chi connectivity index (χ3n) is 6.20. The Bertz CT molecular complexity index is 986. The van der Waals surface area contributed by atoms with Gasteiger partial charge in [-0.1, -0.05) is 35.9 Å². The molecule has 1 aromatic carbocycles. The van der Waals surface area contributed by atoms with Crippen LogP contribution >= 0.6 is 0 Å². The molecular weight excluding hydrogens is 416 g/mol. The Kier molecular flexibility index (Phi) is 6.81. The van der Waals surface area contributed by atoms with E-state index < -0.39 is 35.2 Å². The van der Waals surface area contributed by atoms with E-state index in [2.05, 4.69) is 0 Å². The number of rotatable bonds is 5. The molecule has 170 valence electrons. The first-order valence-corrected chi connectivity index (χ1v) is 10.2. The van der Waals surface area contributed by atoms with Crippen LogP contribution in [0.1, 0.15) is 37.2 Å². The molecule has 3 rings (SSSR count). The van der Waals surface area contributed by atoms with E-state index in [-0.39, 0.29) is 24.0 Å². The van der Waals surface area contributed by atoms with Gasteiger partial charge in [0.2, 0.25) is 0 Å². The molecule has 2 aliphatic carbocycles. The lowest BCUT2D eigenvalue weighted by atomic mass is 9.59. The summed E-state index contributed by atoms with van der Waals surface area (Å²) in [7, 11) is 4.86. The Labute approximate surface area is 186 Å². The molecule has 32 heavy (non-hydrogen) atoms. The molecule has 0 aliphatic heterocycles. The zero-order chi connectivity index (χ0) is 23.5. The fraction of sp³-hybridized carbons (Fsp3) is 0.417. The van der Waals surface area contributed by atoms with Crippen molar-refractivity contribution in [1.29, 1.82) is 0 Å². The number of carbonyl (C=O) groups is 4. The third kappa shape index (κ3) is 3.59. The molecule has 8 heteroatoms.